The average Bonchev–Trinajstić information content (AvgIpc) is 2.89. The first kappa shape index (κ1) is 33.9. The van der Waals surface area contributed by atoms with Gasteiger partial charge in [-0.25, -0.2) is 0 Å². The third-order valence-electron chi connectivity index (χ3n) is 7.85. The number of aliphatic hydroxyl groups is 11. The Hall–Kier alpha value is -0.640. The number of aliphatic hydroxyl groups excluding tert-OH is 11. The zero-order valence-corrected chi connectivity index (χ0v) is 22.7. The zero-order valence-electron chi connectivity index (χ0n) is 22.7. The van der Waals surface area contributed by atoms with E-state index in [0.717, 1.165) is 0 Å². The molecule has 0 spiro atoms. The number of rotatable bonds is 9. The van der Waals surface area contributed by atoms with Gasteiger partial charge in [-0.05, 0) is 27.7 Å². The van der Waals surface area contributed by atoms with Crippen molar-refractivity contribution in [1.29, 1.82) is 0 Å². The van der Waals surface area contributed by atoms with Crippen LogP contribution < -0.4 is 0 Å². The van der Waals surface area contributed by atoms with Crippen molar-refractivity contribution in [3.8, 4) is 0 Å². The van der Waals surface area contributed by atoms with Crippen LogP contribution in [-0.4, -0.2) is 179 Å². The fourth-order valence-corrected chi connectivity index (χ4v) is 5.52. The summed E-state index contributed by atoms with van der Waals surface area (Å²) in [5.74, 6) is 0. The molecule has 16 nitrogen and oxygen atoms in total. The molecule has 0 amide bonds. The van der Waals surface area contributed by atoms with E-state index in [1.807, 2.05) is 0 Å². The lowest BCUT2D eigenvalue weighted by Gasteiger charge is -2.52. The Morgan fingerprint density at radius 1 is 0.475 bits per heavy atom. The Morgan fingerprint density at radius 3 is 1.30 bits per heavy atom. The smallest absolute Gasteiger partial charge is 0.184 e. The summed E-state index contributed by atoms with van der Waals surface area (Å²) in [5.41, 5.74) is -3.19. The van der Waals surface area contributed by atoms with Crippen molar-refractivity contribution in [3.63, 3.8) is 0 Å². The molecule has 3 fully saturated rings. The molecule has 40 heavy (non-hydrogen) atoms. The Balaban J connectivity index is 1.86. The van der Waals surface area contributed by atoms with E-state index in [4.69, 9.17) is 23.7 Å². The van der Waals surface area contributed by atoms with E-state index in [-0.39, 0.29) is 0 Å². The van der Waals surface area contributed by atoms with Crippen LogP contribution in [0.5, 0.6) is 0 Å². The number of ether oxygens (including phenoxy) is 5. The summed E-state index contributed by atoms with van der Waals surface area (Å²) >= 11 is 0. The highest BCUT2D eigenvalue weighted by Crippen LogP contribution is 2.38. The molecule has 0 radical (unpaired) electrons. The second-order valence-electron chi connectivity index (χ2n) is 11.6. The van der Waals surface area contributed by atoms with Gasteiger partial charge in [0.25, 0.3) is 0 Å². The predicted molar refractivity (Wildman–Crippen MR) is 129 cm³/mol. The summed E-state index contributed by atoms with van der Waals surface area (Å²) in [6.45, 7) is 3.57. The van der Waals surface area contributed by atoms with Gasteiger partial charge < -0.3 is 79.9 Å². The van der Waals surface area contributed by atoms with E-state index in [2.05, 4.69) is 0 Å². The summed E-state index contributed by atoms with van der Waals surface area (Å²) in [4.78, 5) is 0. The van der Waals surface area contributed by atoms with Crippen molar-refractivity contribution < 1.29 is 79.9 Å². The molecule has 0 aliphatic carbocycles. The molecule has 3 saturated heterocycles. The minimum Gasteiger partial charge on any atom is -0.394 e. The third-order valence-corrected chi connectivity index (χ3v) is 7.85. The lowest BCUT2D eigenvalue weighted by atomic mass is 9.84. The van der Waals surface area contributed by atoms with Crippen molar-refractivity contribution in [2.75, 3.05) is 19.8 Å². The molecule has 3 rings (SSSR count). The van der Waals surface area contributed by atoms with Crippen molar-refractivity contribution in [1.82, 2.24) is 0 Å². The second-order valence-corrected chi connectivity index (χ2v) is 11.6. The van der Waals surface area contributed by atoms with Gasteiger partial charge in [-0.2, -0.15) is 0 Å². The maximum atomic E-state index is 11.3. The van der Waals surface area contributed by atoms with E-state index in [0.29, 0.717) is 0 Å². The van der Waals surface area contributed by atoms with Crippen LogP contribution in [0.4, 0.5) is 0 Å². The molecule has 3 heterocycles. The largest absolute Gasteiger partial charge is 0.394 e. The Morgan fingerprint density at radius 2 is 0.850 bits per heavy atom. The standard InChI is InChI=1S/C24H44O16/c1-23(2,20-15(32)14(31)11(28)8(5-25)36-20)39-18-12(29)9(6-26)37-21(16(18)33)24(3,4)40-19-13(30)10(7-27)38-22(35)17(19)34/h8-22,25-35H,5-7H2,1-4H3/t8-,9-,10-,11-,12-,13-,14+,15-,16-,17-,18+,19+,20-,21-,22+/m1/s1. The SMILES string of the molecule is CC(C)(O[C@@H]1[C@@H](O)[C@H](C(C)(C)O[C@@H]2[C@@H](O)[C@@H](O)O[C@H](CO)[C@H]2O)O[C@H](CO)[C@H]1O)[C@@H]1O[C@H](CO)[C@@H](O)[C@H](O)[C@H]1O. The van der Waals surface area contributed by atoms with Gasteiger partial charge in [-0.15, -0.1) is 0 Å². The molecule has 15 atom stereocenters. The Labute approximate surface area is 230 Å². The first-order chi connectivity index (χ1) is 18.5. The highest BCUT2D eigenvalue weighted by atomic mass is 16.7. The average molecular weight is 589 g/mol. The monoisotopic (exact) mass is 588 g/mol. The van der Waals surface area contributed by atoms with Gasteiger partial charge in [0.15, 0.2) is 6.29 Å². The fraction of sp³-hybridized carbons (Fsp3) is 1.00. The van der Waals surface area contributed by atoms with Crippen LogP contribution in [0.1, 0.15) is 27.7 Å². The van der Waals surface area contributed by atoms with Gasteiger partial charge in [0, 0.05) is 0 Å². The lowest BCUT2D eigenvalue weighted by molar-refractivity contribution is -0.342. The molecular weight excluding hydrogens is 544 g/mol. The Bertz CT molecular complexity index is 812. The number of hydrogen-bond acceptors (Lipinski definition) is 16. The van der Waals surface area contributed by atoms with E-state index in [1.54, 1.807) is 0 Å². The molecule has 3 aliphatic heterocycles. The topological polar surface area (TPSA) is 269 Å². The second kappa shape index (κ2) is 12.9. The Kier molecular flexibility index (Phi) is 10.9. The van der Waals surface area contributed by atoms with Gasteiger partial charge in [0.1, 0.15) is 85.5 Å². The normalized spacial score (nSPS) is 47.3. The molecule has 0 saturated carbocycles. The number of hydrogen-bond donors (Lipinski definition) is 11. The summed E-state index contributed by atoms with van der Waals surface area (Å²) in [6.07, 6.45) is -23.2. The summed E-state index contributed by atoms with van der Waals surface area (Å²) < 4.78 is 28.2. The van der Waals surface area contributed by atoms with Crippen LogP contribution in [0.2, 0.25) is 0 Å². The molecule has 16 heteroatoms. The quantitative estimate of drug-likeness (QED) is 0.120. The van der Waals surface area contributed by atoms with E-state index < -0.39 is 123 Å². The van der Waals surface area contributed by atoms with Gasteiger partial charge in [0.2, 0.25) is 0 Å². The molecule has 0 bridgehead atoms. The van der Waals surface area contributed by atoms with Crippen LogP contribution in [-0.2, 0) is 23.7 Å². The van der Waals surface area contributed by atoms with Gasteiger partial charge in [-0.1, -0.05) is 0 Å². The molecule has 0 aromatic heterocycles. The predicted octanol–water partition coefficient (Wildman–Crippen LogP) is -5.93. The molecule has 11 N–H and O–H groups in total. The van der Waals surface area contributed by atoms with Gasteiger partial charge in [0.05, 0.1) is 31.0 Å². The summed E-state index contributed by atoms with van der Waals surface area (Å²) in [7, 11) is 0. The van der Waals surface area contributed by atoms with E-state index in [1.165, 1.54) is 27.7 Å². The fourth-order valence-electron chi connectivity index (χ4n) is 5.52. The van der Waals surface area contributed by atoms with Crippen molar-refractivity contribution >= 4 is 0 Å². The molecule has 0 aromatic rings. The highest BCUT2D eigenvalue weighted by molar-refractivity contribution is 5.04. The third kappa shape index (κ3) is 6.47. The minimum atomic E-state index is -1.80. The van der Waals surface area contributed by atoms with Crippen molar-refractivity contribution in [3.05, 3.63) is 0 Å². The first-order valence-electron chi connectivity index (χ1n) is 13.1. The maximum Gasteiger partial charge on any atom is 0.184 e. The highest BCUT2D eigenvalue weighted by Gasteiger charge is 2.57. The van der Waals surface area contributed by atoms with Gasteiger partial charge in [-0.3, -0.25) is 0 Å². The molecule has 236 valence electrons. The lowest BCUT2D eigenvalue weighted by Crippen LogP contribution is -2.70. The van der Waals surface area contributed by atoms with E-state index in [9.17, 15) is 56.2 Å². The summed E-state index contributed by atoms with van der Waals surface area (Å²) in [6, 6.07) is 0. The van der Waals surface area contributed by atoms with Crippen molar-refractivity contribution in [2.24, 2.45) is 0 Å². The van der Waals surface area contributed by atoms with Crippen LogP contribution in [0, 0.1) is 0 Å². The minimum absolute atomic E-state index is 0.685. The summed E-state index contributed by atoms with van der Waals surface area (Å²) in [5, 5.41) is 113. The molecule has 0 unspecified atom stereocenters. The first-order valence-corrected chi connectivity index (χ1v) is 13.1. The van der Waals surface area contributed by atoms with Crippen LogP contribution in [0.3, 0.4) is 0 Å². The van der Waals surface area contributed by atoms with Crippen molar-refractivity contribution in [2.45, 2.75) is 131 Å². The maximum absolute atomic E-state index is 11.3. The molecule has 3 aliphatic rings. The van der Waals surface area contributed by atoms with Crippen LogP contribution in [0.25, 0.3) is 0 Å². The van der Waals surface area contributed by atoms with Crippen LogP contribution in [0.15, 0.2) is 0 Å². The molecular formula is C24H44O16. The molecule has 0 aromatic carbocycles. The van der Waals surface area contributed by atoms with Gasteiger partial charge >= 0.3 is 0 Å². The van der Waals surface area contributed by atoms with E-state index >= 15 is 0 Å². The zero-order chi connectivity index (χ0) is 30.3. The van der Waals surface area contributed by atoms with Crippen LogP contribution >= 0.6 is 0 Å².